The second-order valence-corrected chi connectivity index (χ2v) is 3.38. The quantitative estimate of drug-likeness (QED) is 0.614. The molecule has 0 bridgehead atoms. The lowest BCUT2D eigenvalue weighted by atomic mass is 10.1. The van der Waals surface area contributed by atoms with Crippen molar-refractivity contribution < 1.29 is 33.6 Å². The Kier molecular flexibility index (Phi) is 9.35. The smallest absolute Gasteiger partial charge is 0.430 e. The summed E-state index contributed by atoms with van der Waals surface area (Å²) >= 11 is 0. The van der Waals surface area contributed by atoms with Crippen molar-refractivity contribution in [1.29, 1.82) is 0 Å². The monoisotopic (exact) mass is 258 g/mol. The van der Waals surface area contributed by atoms with Crippen LogP contribution in [0.25, 0.3) is 0 Å². The van der Waals surface area contributed by atoms with E-state index in [-0.39, 0.29) is 11.9 Å². The van der Waals surface area contributed by atoms with Crippen molar-refractivity contribution in [2.45, 2.75) is 44.8 Å². The van der Waals surface area contributed by atoms with Crippen molar-refractivity contribution in [2.75, 3.05) is 0 Å². The van der Waals surface area contributed by atoms with E-state index in [1.165, 1.54) is 12.8 Å². The number of carboxylic acids is 1. The molecule has 0 radical (unpaired) electrons. The number of hydrogen-bond donors (Lipinski definition) is 2. The number of quaternary nitrogens is 1. The summed E-state index contributed by atoms with van der Waals surface area (Å²) in [6.45, 7) is 2.13. The summed E-state index contributed by atoms with van der Waals surface area (Å²) in [6, 6.07) is -0.188. The number of nitrogens with two attached hydrogens (primary N) is 1. The highest BCUT2D eigenvalue weighted by atomic mass is 19.4. The molecule has 0 unspecified atom stereocenters. The van der Waals surface area contributed by atoms with Crippen LogP contribution < -0.4 is 16.6 Å². The lowest BCUT2D eigenvalue weighted by Crippen LogP contribution is -2.66. The first-order valence-corrected chi connectivity index (χ1v) is 5.03. The van der Waals surface area contributed by atoms with Crippen LogP contribution in [0, 0.1) is 0 Å². The second kappa shape index (κ2) is 8.80. The number of halogens is 3. The topological polar surface area (TPSA) is 111 Å². The van der Waals surface area contributed by atoms with Crippen molar-refractivity contribution in [2.24, 2.45) is 5.73 Å². The van der Waals surface area contributed by atoms with E-state index in [0.29, 0.717) is 0 Å². The summed E-state index contributed by atoms with van der Waals surface area (Å²) in [5, 5.41) is 8.78. The minimum atomic E-state index is -5.19. The Balaban J connectivity index is 0. The fraction of sp³-hybridized carbons (Fsp3) is 0.778. The van der Waals surface area contributed by atoms with Gasteiger partial charge in [0.1, 0.15) is 5.97 Å². The van der Waals surface area contributed by atoms with Gasteiger partial charge in [0.25, 0.3) is 5.91 Å². The van der Waals surface area contributed by atoms with E-state index < -0.39 is 12.1 Å². The average Bonchev–Trinajstić information content (AvgIpc) is 2.17. The molecule has 102 valence electrons. The maximum absolute atomic E-state index is 10.5. The molecule has 0 aliphatic carbocycles. The molecule has 1 amide bonds. The van der Waals surface area contributed by atoms with E-state index in [4.69, 9.17) is 15.6 Å². The number of aliphatic carboxylic acids is 1. The molecule has 0 heterocycles. The molecule has 0 aromatic carbocycles. The molecule has 0 aromatic rings. The number of primary amides is 1. The van der Waals surface area contributed by atoms with Crippen molar-refractivity contribution in [1.82, 2.24) is 0 Å². The normalized spacial score (nSPS) is 12.3. The fourth-order valence-corrected chi connectivity index (χ4v) is 0.783. The Morgan fingerprint density at radius 1 is 1.35 bits per heavy atom. The molecule has 0 aliphatic rings. The van der Waals surface area contributed by atoms with Crippen LogP contribution in [0.3, 0.4) is 0 Å². The van der Waals surface area contributed by atoms with Gasteiger partial charge in [-0.15, -0.1) is 0 Å². The Labute approximate surface area is 97.0 Å². The van der Waals surface area contributed by atoms with Gasteiger partial charge >= 0.3 is 6.18 Å². The maximum atomic E-state index is 10.5. The predicted octanol–water partition coefficient (Wildman–Crippen LogP) is -1.04. The van der Waals surface area contributed by atoms with E-state index in [2.05, 4.69) is 12.7 Å². The zero-order valence-electron chi connectivity index (χ0n) is 9.55. The van der Waals surface area contributed by atoms with E-state index in [9.17, 15) is 18.0 Å². The average molecular weight is 258 g/mol. The molecule has 5 nitrogen and oxygen atoms in total. The minimum Gasteiger partial charge on any atom is -0.542 e. The van der Waals surface area contributed by atoms with Gasteiger partial charge in [-0.05, 0) is 6.42 Å². The molecule has 5 N–H and O–H groups in total. The van der Waals surface area contributed by atoms with E-state index in [0.717, 1.165) is 12.8 Å². The minimum absolute atomic E-state index is 0.188. The van der Waals surface area contributed by atoms with Gasteiger partial charge in [0.2, 0.25) is 0 Å². The van der Waals surface area contributed by atoms with Gasteiger partial charge in [-0.25, -0.2) is 0 Å². The van der Waals surface area contributed by atoms with Crippen LogP contribution in [0.5, 0.6) is 0 Å². The molecule has 0 aliphatic heterocycles. The first kappa shape index (κ1) is 18.1. The zero-order valence-corrected chi connectivity index (χ0v) is 9.55. The molecular formula is C9H17F3N2O3. The molecule has 0 rings (SSSR count). The van der Waals surface area contributed by atoms with Crippen LogP contribution in [-0.4, -0.2) is 24.1 Å². The number of alkyl halides is 3. The van der Waals surface area contributed by atoms with Gasteiger partial charge in [-0.2, -0.15) is 13.2 Å². The Hall–Kier alpha value is -1.31. The van der Waals surface area contributed by atoms with Gasteiger partial charge in [0.05, 0.1) is 0 Å². The van der Waals surface area contributed by atoms with Crippen molar-refractivity contribution >= 4 is 11.9 Å². The summed E-state index contributed by atoms with van der Waals surface area (Å²) in [5.41, 5.74) is 8.65. The number of hydrogen-bond acceptors (Lipinski definition) is 3. The molecule has 17 heavy (non-hydrogen) atoms. The Bertz CT molecular complexity index is 244. The van der Waals surface area contributed by atoms with Crippen LogP contribution >= 0.6 is 0 Å². The number of carboxylic acid groups (broad SMARTS) is 1. The summed E-state index contributed by atoms with van der Waals surface area (Å²) in [4.78, 5) is 19.2. The standard InChI is InChI=1S/C7H16N2O.C2HF3O2/c1-2-3-4-5-6(8)7(9)10;3-2(4,5)1(6)7/h6H,2-5,8H2,1H3,(H2,9,10);(H,6,7)/t6-;/m0./s1. The van der Waals surface area contributed by atoms with Crippen LogP contribution in [0.4, 0.5) is 13.2 Å². The van der Waals surface area contributed by atoms with Crippen molar-refractivity contribution in [3.8, 4) is 0 Å². The number of carbonyl (C=O) groups is 2. The Morgan fingerprint density at radius 3 is 2.00 bits per heavy atom. The number of amides is 1. The molecule has 8 heteroatoms. The third-order valence-electron chi connectivity index (χ3n) is 1.79. The van der Waals surface area contributed by atoms with Crippen LogP contribution in [-0.2, 0) is 9.59 Å². The van der Waals surface area contributed by atoms with Crippen LogP contribution in [0.15, 0.2) is 0 Å². The van der Waals surface area contributed by atoms with Crippen molar-refractivity contribution in [3.05, 3.63) is 0 Å². The summed E-state index contributed by atoms with van der Waals surface area (Å²) in [6.07, 6.45) is -0.957. The van der Waals surface area contributed by atoms with Crippen LogP contribution in [0.1, 0.15) is 32.6 Å². The zero-order chi connectivity index (χ0) is 14.1. The van der Waals surface area contributed by atoms with Crippen molar-refractivity contribution in [3.63, 3.8) is 0 Å². The maximum Gasteiger partial charge on any atom is 0.430 e. The number of carbonyl (C=O) groups excluding carboxylic acids is 2. The predicted molar refractivity (Wildman–Crippen MR) is 51.1 cm³/mol. The molecule has 1 atom stereocenters. The van der Waals surface area contributed by atoms with Gasteiger partial charge in [-0.3, -0.25) is 4.79 Å². The summed E-state index contributed by atoms with van der Waals surface area (Å²) in [5.74, 6) is -3.29. The highest BCUT2D eigenvalue weighted by Gasteiger charge is 2.28. The van der Waals surface area contributed by atoms with E-state index >= 15 is 0 Å². The summed E-state index contributed by atoms with van der Waals surface area (Å²) in [7, 11) is 0. The molecule has 0 saturated heterocycles. The van der Waals surface area contributed by atoms with Gasteiger partial charge < -0.3 is 21.4 Å². The Morgan fingerprint density at radius 2 is 1.76 bits per heavy atom. The largest absolute Gasteiger partial charge is 0.542 e. The highest BCUT2D eigenvalue weighted by molar-refractivity contribution is 5.78. The third kappa shape index (κ3) is 12.6. The SMILES string of the molecule is CCCCC[C@H]([NH3+])C(N)=O.O=C([O-])C(F)(F)F. The molecule has 0 spiro atoms. The highest BCUT2D eigenvalue weighted by Crippen LogP contribution is 2.11. The molecule has 0 fully saturated rings. The summed E-state index contributed by atoms with van der Waals surface area (Å²) < 4.78 is 31.5. The van der Waals surface area contributed by atoms with Gasteiger partial charge in [0.15, 0.2) is 6.04 Å². The first-order valence-electron chi connectivity index (χ1n) is 5.03. The van der Waals surface area contributed by atoms with Gasteiger partial charge in [0, 0.05) is 6.42 Å². The van der Waals surface area contributed by atoms with Crippen LogP contribution in [0.2, 0.25) is 0 Å². The third-order valence-corrected chi connectivity index (χ3v) is 1.79. The van der Waals surface area contributed by atoms with E-state index in [1.807, 2.05) is 0 Å². The van der Waals surface area contributed by atoms with E-state index in [1.54, 1.807) is 0 Å². The number of rotatable bonds is 5. The number of unbranched alkanes of at least 4 members (excludes halogenated alkanes) is 2. The fourth-order valence-electron chi connectivity index (χ4n) is 0.783. The molecule has 0 aromatic heterocycles. The molecule has 0 saturated carbocycles. The van der Waals surface area contributed by atoms with Gasteiger partial charge in [-0.1, -0.05) is 19.8 Å². The lowest BCUT2D eigenvalue weighted by Gasteiger charge is -2.03. The second-order valence-electron chi connectivity index (χ2n) is 3.38. The first-order chi connectivity index (χ1) is 7.62. The lowest BCUT2D eigenvalue weighted by molar-refractivity contribution is -0.404. The molecular weight excluding hydrogens is 241 g/mol.